The molecule has 0 radical (unpaired) electrons. The van der Waals surface area contributed by atoms with Gasteiger partial charge in [0.05, 0.1) is 17.9 Å². The molecule has 0 aromatic carbocycles. The molecule has 0 saturated heterocycles. The quantitative estimate of drug-likeness (QED) is 0.833. The molecule has 0 N–H and O–H groups in total. The predicted molar refractivity (Wildman–Crippen MR) is 58.7 cm³/mol. The number of hydrogen-bond donors (Lipinski definition) is 0. The van der Waals surface area contributed by atoms with Gasteiger partial charge in [-0.3, -0.25) is 0 Å². The molecule has 0 unspecified atom stereocenters. The first-order valence-corrected chi connectivity index (χ1v) is 5.43. The van der Waals surface area contributed by atoms with Crippen molar-refractivity contribution in [3.8, 4) is 6.07 Å². The lowest BCUT2D eigenvalue weighted by Gasteiger charge is -2.13. The fraction of sp³-hybridized carbons (Fsp3) is 0.500. The lowest BCUT2D eigenvalue weighted by molar-refractivity contribution is -0.141. The van der Waals surface area contributed by atoms with E-state index in [0.717, 1.165) is 0 Å². The maximum atomic E-state index is 12.8. The Morgan fingerprint density at radius 3 is 2.56 bits per heavy atom. The van der Waals surface area contributed by atoms with Crippen LogP contribution in [0.2, 0.25) is 0 Å². The second-order valence-electron chi connectivity index (χ2n) is 3.79. The molecule has 1 aromatic heterocycles. The summed E-state index contributed by atoms with van der Waals surface area (Å²) in [4.78, 5) is 3.47. The number of ether oxygens (including phenoxy) is 1. The minimum absolute atomic E-state index is 0.00843. The molecule has 3 nitrogen and oxygen atoms in total. The normalized spacial score (nSPS) is 11.3. The molecule has 0 atom stereocenters. The van der Waals surface area contributed by atoms with Crippen LogP contribution in [0.15, 0.2) is 6.07 Å². The summed E-state index contributed by atoms with van der Waals surface area (Å²) in [6.45, 7) is 1.83. The average Bonchev–Trinajstić information content (AvgIpc) is 2.28. The molecule has 0 fully saturated rings. The third-order valence-electron chi connectivity index (χ3n) is 2.35. The number of nitriles is 1. The predicted octanol–water partition coefficient (Wildman–Crippen LogP) is 3.07. The molecular formula is C12H13F3N2O. The highest BCUT2D eigenvalue weighted by Gasteiger charge is 2.37. The van der Waals surface area contributed by atoms with E-state index in [0.29, 0.717) is 18.4 Å². The maximum absolute atomic E-state index is 12.8. The molecule has 0 saturated carbocycles. The lowest BCUT2D eigenvalue weighted by atomic mass is 10.0. The number of alkyl halides is 3. The van der Waals surface area contributed by atoms with E-state index in [1.807, 2.05) is 6.92 Å². The summed E-state index contributed by atoms with van der Waals surface area (Å²) in [5.41, 5.74) is -0.950. The Morgan fingerprint density at radius 2 is 2.11 bits per heavy atom. The third kappa shape index (κ3) is 3.20. The Labute approximate surface area is 103 Å². The Morgan fingerprint density at radius 1 is 1.44 bits per heavy atom. The number of rotatable bonds is 4. The zero-order valence-electron chi connectivity index (χ0n) is 10.1. The largest absolute Gasteiger partial charge is 0.434 e. The van der Waals surface area contributed by atoms with Gasteiger partial charge < -0.3 is 4.74 Å². The topological polar surface area (TPSA) is 45.9 Å². The Hall–Kier alpha value is -1.61. The monoisotopic (exact) mass is 258 g/mol. The van der Waals surface area contributed by atoms with Crippen molar-refractivity contribution in [1.82, 2.24) is 4.98 Å². The van der Waals surface area contributed by atoms with Crippen LogP contribution in [0.25, 0.3) is 0 Å². The van der Waals surface area contributed by atoms with Crippen LogP contribution < -0.4 is 0 Å². The van der Waals surface area contributed by atoms with Gasteiger partial charge in [0.25, 0.3) is 0 Å². The van der Waals surface area contributed by atoms with Crippen molar-refractivity contribution in [2.24, 2.45) is 0 Å². The molecule has 0 bridgehead atoms. The van der Waals surface area contributed by atoms with Crippen molar-refractivity contribution in [2.75, 3.05) is 7.11 Å². The van der Waals surface area contributed by atoms with Crippen LogP contribution in [0, 0.1) is 11.3 Å². The van der Waals surface area contributed by atoms with Crippen LogP contribution in [-0.2, 0) is 23.9 Å². The van der Waals surface area contributed by atoms with Crippen LogP contribution >= 0.6 is 0 Å². The van der Waals surface area contributed by atoms with Gasteiger partial charge in [0.2, 0.25) is 0 Å². The Balaban J connectivity index is 3.42. The minimum atomic E-state index is -4.63. The van der Waals surface area contributed by atoms with Crippen LogP contribution in [0.1, 0.15) is 35.9 Å². The van der Waals surface area contributed by atoms with E-state index in [-0.39, 0.29) is 17.9 Å². The number of nitrogens with zero attached hydrogens (tertiary/aromatic N) is 2. The second kappa shape index (κ2) is 5.83. The molecule has 1 aromatic rings. The first kappa shape index (κ1) is 14.5. The van der Waals surface area contributed by atoms with Gasteiger partial charge in [0.15, 0.2) is 5.69 Å². The van der Waals surface area contributed by atoms with Crippen molar-refractivity contribution in [1.29, 1.82) is 5.26 Å². The number of aryl methyl sites for hydroxylation is 1. The van der Waals surface area contributed by atoms with Crippen molar-refractivity contribution in [2.45, 2.75) is 32.5 Å². The average molecular weight is 258 g/mol. The van der Waals surface area contributed by atoms with Crippen molar-refractivity contribution in [3.05, 3.63) is 28.6 Å². The second-order valence-corrected chi connectivity index (χ2v) is 3.79. The molecule has 98 valence electrons. The zero-order valence-corrected chi connectivity index (χ0v) is 10.1. The molecule has 0 aliphatic rings. The molecule has 0 aliphatic carbocycles. The van der Waals surface area contributed by atoms with Gasteiger partial charge >= 0.3 is 6.18 Å². The van der Waals surface area contributed by atoms with E-state index in [4.69, 9.17) is 10.00 Å². The van der Waals surface area contributed by atoms with Gasteiger partial charge in [-0.05, 0) is 18.1 Å². The first-order valence-electron chi connectivity index (χ1n) is 5.43. The summed E-state index contributed by atoms with van der Waals surface area (Å²) in [7, 11) is 1.38. The van der Waals surface area contributed by atoms with Crippen LogP contribution in [0.4, 0.5) is 13.2 Å². The summed E-state index contributed by atoms with van der Waals surface area (Å²) < 4.78 is 43.3. The van der Waals surface area contributed by atoms with Crippen molar-refractivity contribution >= 4 is 0 Å². The van der Waals surface area contributed by atoms with Gasteiger partial charge in [-0.15, -0.1) is 0 Å². The van der Waals surface area contributed by atoms with E-state index in [2.05, 4.69) is 4.98 Å². The summed E-state index contributed by atoms with van der Waals surface area (Å²) in [5, 5.41) is 8.89. The zero-order chi connectivity index (χ0) is 13.8. The van der Waals surface area contributed by atoms with Crippen LogP contribution in [0.5, 0.6) is 0 Å². The van der Waals surface area contributed by atoms with E-state index in [9.17, 15) is 13.2 Å². The number of pyridine rings is 1. The van der Waals surface area contributed by atoms with Gasteiger partial charge in [-0.2, -0.15) is 18.4 Å². The first-order chi connectivity index (χ1) is 8.43. The van der Waals surface area contributed by atoms with E-state index in [1.54, 1.807) is 6.07 Å². The fourth-order valence-electron chi connectivity index (χ4n) is 1.68. The molecule has 0 spiro atoms. The van der Waals surface area contributed by atoms with Crippen LogP contribution in [0.3, 0.4) is 0 Å². The summed E-state index contributed by atoms with van der Waals surface area (Å²) >= 11 is 0. The number of hydrogen-bond acceptors (Lipinski definition) is 3. The molecule has 1 heterocycles. The van der Waals surface area contributed by atoms with Gasteiger partial charge in [-0.25, -0.2) is 4.98 Å². The van der Waals surface area contributed by atoms with Crippen molar-refractivity contribution in [3.63, 3.8) is 0 Å². The van der Waals surface area contributed by atoms with Crippen molar-refractivity contribution < 1.29 is 17.9 Å². The van der Waals surface area contributed by atoms with Gasteiger partial charge in [0, 0.05) is 7.11 Å². The maximum Gasteiger partial charge on any atom is 0.434 e. The molecular weight excluding hydrogens is 245 g/mol. The molecule has 6 heteroatoms. The summed E-state index contributed by atoms with van der Waals surface area (Å²) in [6, 6.07) is 3.10. The van der Waals surface area contributed by atoms with Gasteiger partial charge in [0.1, 0.15) is 6.07 Å². The number of aromatic nitrogens is 1. The van der Waals surface area contributed by atoms with E-state index >= 15 is 0 Å². The number of methoxy groups -OCH3 is 1. The molecule has 18 heavy (non-hydrogen) atoms. The summed E-state index contributed by atoms with van der Waals surface area (Å²) in [5.74, 6) is 0. The SMILES string of the molecule is CCCc1cc(COC)nc(C(F)(F)F)c1C#N. The standard InChI is InChI=1S/C12H13F3N2O/c1-3-4-8-5-9(7-18-2)17-11(10(8)6-16)12(13,14)15/h5H,3-4,7H2,1-2H3. The minimum Gasteiger partial charge on any atom is -0.378 e. The fourth-order valence-corrected chi connectivity index (χ4v) is 1.68. The number of halogens is 3. The lowest BCUT2D eigenvalue weighted by Crippen LogP contribution is -2.15. The highest BCUT2D eigenvalue weighted by atomic mass is 19.4. The Bertz CT molecular complexity index is 464. The van der Waals surface area contributed by atoms with Gasteiger partial charge in [-0.1, -0.05) is 13.3 Å². The third-order valence-corrected chi connectivity index (χ3v) is 2.35. The molecule has 1 rings (SSSR count). The Kier molecular flexibility index (Phi) is 4.68. The van der Waals surface area contributed by atoms with Crippen LogP contribution in [-0.4, -0.2) is 12.1 Å². The highest BCUT2D eigenvalue weighted by Crippen LogP contribution is 2.32. The highest BCUT2D eigenvalue weighted by molar-refractivity contribution is 5.43. The smallest absolute Gasteiger partial charge is 0.378 e. The molecule has 0 aliphatic heterocycles. The van der Waals surface area contributed by atoms with E-state index in [1.165, 1.54) is 13.2 Å². The molecule has 0 amide bonds. The van der Waals surface area contributed by atoms with E-state index < -0.39 is 11.9 Å². The summed E-state index contributed by atoms with van der Waals surface area (Å²) in [6.07, 6.45) is -3.56.